The zero-order valence-corrected chi connectivity index (χ0v) is 62.0. The van der Waals surface area contributed by atoms with Gasteiger partial charge in [0, 0.05) is 13.0 Å². The number of rotatable bonds is 20. The number of aryl methyl sites for hydroxylation is 1. The number of carbonyl (C=O) groups excluding carboxylic acids is 5. The van der Waals surface area contributed by atoms with Crippen molar-refractivity contribution in [3.05, 3.63) is 53.6 Å². The van der Waals surface area contributed by atoms with Gasteiger partial charge in [-0.15, -0.1) is 0 Å². The van der Waals surface area contributed by atoms with Crippen molar-refractivity contribution in [3.63, 3.8) is 0 Å². The number of allylic oxidation sites excluding steroid dienone is 2. The number of hydrogen-bond donors (Lipinski definition) is 12. The highest BCUT2D eigenvalue weighted by Crippen LogP contribution is 2.76. The fourth-order valence-corrected chi connectivity index (χ4v) is 20.4. The summed E-state index contributed by atoms with van der Waals surface area (Å²) in [4.78, 5) is 71.8. The highest BCUT2D eigenvalue weighted by molar-refractivity contribution is 5.87. The van der Waals surface area contributed by atoms with E-state index in [1.807, 2.05) is 45.0 Å². The summed E-state index contributed by atoms with van der Waals surface area (Å²) in [5.74, 6) is -6.99. The molecule has 590 valence electrons. The van der Waals surface area contributed by atoms with E-state index in [1.54, 1.807) is 19.9 Å². The summed E-state index contributed by atoms with van der Waals surface area (Å²) in [5, 5.41) is 135. The summed E-state index contributed by atoms with van der Waals surface area (Å²) in [6.07, 6.45) is -26.7. The summed E-state index contributed by atoms with van der Waals surface area (Å²) in [7, 11) is 0. The molecule has 3 saturated heterocycles. The number of aliphatic hydroxyl groups excluding tert-OH is 12. The van der Waals surface area contributed by atoms with Crippen molar-refractivity contribution in [1.82, 2.24) is 0 Å². The van der Waals surface area contributed by atoms with Crippen molar-refractivity contribution in [3.8, 4) is 0 Å². The first-order valence-corrected chi connectivity index (χ1v) is 37.7. The lowest BCUT2D eigenvalue weighted by Gasteiger charge is -2.72. The van der Waals surface area contributed by atoms with E-state index < -0.39 is 235 Å². The van der Waals surface area contributed by atoms with Crippen LogP contribution >= 0.6 is 0 Å². The molecule has 7 aliphatic carbocycles. The Morgan fingerprint density at radius 2 is 1.32 bits per heavy atom. The standard InChI is InChI=1S/C77H114O28/c1-12-13-28-95-67(93)41-30-46(63(103-69-61(92)59(90)57(88)47(33-78)101-69)64(54(41)85)104-68-60(91)55(86)44(81)34-96-68)99-51-23-24-73(8)48(74(51,9)35-79)22-25-75(10)49(73)20-19-42-43-31-72(6,7)26-27-77(43,50(82)32-76(42,75)11)71(94)105-70-66(100-45-29-37(3)53(84)58(89)56(45)87)65(98-39(5)80)62(38(4)97-70)102-52(83)21-18-40-16-14-36(2)15-17-40/h14-21,35,37-38,41-51,53-66,68-70,78,81-82,84-92H,12-13,22-34H2,1-11H3/b21-18-/t37?,38?,41?,42?,43-,44?,45?,46?,47?,48+,49+,50+,51-,53?,54?,55?,56?,57?,58?,59?,60?,61?,62?,63?,64?,65?,66?,68?,69?,70?,73-,74-,75+,76+,77+/m0/s1. The third-order valence-corrected chi connectivity index (χ3v) is 26.8. The van der Waals surface area contributed by atoms with Gasteiger partial charge in [0.05, 0.1) is 79.3 Å². The minimum atomic E-state index is -1.99. The van der Waals surface area contributed by atoms with Crippen molar-refractivity contribution < 1.29 is 137 Å². The molecular formula is C77H114O28. The fourth-order valence-electron chi connectivity index (χ4n) is 20.4. The molecule has 25 unspecified atom stereocenters. The Morgan fingerprint density at radius 3 is 2.00 bits per heavy atom. The van der Waals surface area contributed by atoms with Crippen molar-refractivity contribution in [2.24, 2.45) is 68.0 Å². The second-order valence-corrected chi connectivity index (χ2v) is 33.9. The molecule has 105 heavy (non-hydrogen) atoms. The molecule has 10 aliphatic rings. The third-order valence-electron chi connectivity index (χ3n) is 26.8. The normalized spacial score (nSPS) is 48.1. The van der Waals surface area contributed by atoms with Crippen LogP contribution in [0, 0.1) is 74.9 Å². The Morgan fingerprint density at radius 1 is 0.638 bits per heavy atom. The van der Waals surface area contributed by atoms with Crippen LogP contribution < -0.4 is 0 Å². The Balaban J connectivity index is 0.901. The average Bonchev–Trinajstić information content (AvgIpc) is 0.670. The molecule has 12 N–H and O–H groups in total. The lowest BCUT2D eigenvalue weighted by molar-refractivity contribution is -0.357. The summed E-state index contributed by atoms with van der Waals surface area (Å²) < 4.78 is 69.1. The van der Waals surface area contributed by atoms with Gasteiger partial charge in [-0.2, -0.15) is 0 Å². The molecule has 0 bridgehead atoms. The van der Waals surface area contributed by atoms with E-state index in [9.17, 15) is 80.5 Å². The molecule has 28 nitrogen and oxygen atoms in total. The molecule has 28 heteroatoms. The lowest BCUT2D eigenvalue weighted by atomic mass is 9.32. The highest BCUT2D eigenvalue weighted by atomic mass is 16.8. The first-order valence-electron chi connectivity index (χ1n) is 37.7. The van der Waals surface area contributed by atoms with E-state index in [4.69, 9.17) is 52.1 Å². The topological polar surface area (TPSA) is 430 Å². The predicted octanol–water partition coefficient (Wildman–Crippen LogP) is 2.31. The van der Waals surface area contributed by atoms with Gasteiger partial charge >= 0.3 is 23.9 Å². The van der Waals surface area contributed by atoms with Crippen molar-refractivity contribution >= 4 is 36.2 Å². The molecule has 1 aromatic rings. The number of aliphatic hydroxyl groups is 12. The van der Waals surface area contributed by atoms with Crippen LogP contribution in [-0.4, -0.2) is 258 Å². The largest absolute Gasteiger partial charge is 0.465 e. The zero-order valence-electron chi connectivity index (χ0n) is 62.0. The number of unbranched alkanes of at least 4 members (excludes halogenated alkanes) is 1. The van der Waals surface area contributed by atoms with Gasteiger partial charge in [-0.25, -0.2) is 4.79 Å². The fraction of sp³-hybridized carbons (Fsp3) is 0.805. The van der Waals surface area contributed by atoms with Gasteiger partial charge in [-0.05, 0) is 147 Å². The SMILES string of the molecule is CCCCOC(=O)C1CC(O[C@H]2CC[C@]3(C)[C@H]4C=CC5[C@@H]6CC(C)(C)CC[C@]6(C(=O)OC6OC(C)C(OC(=O)/C=C\c7ccc(C)cc7)C(OC(C)=O)C6OC6CC(C)C(O)C(O)C6O)[C@H](O)C[C@@]5(C)[C@]4(C)CC[C@H]3[C@]2(C)C=O)C(OC2OC(CO)C(O)C(O)C2O)C(OC2OCC(O)C(O)C2O)C1O. The maximum absolute atomic E-state index is 16.1. The second kappa shape index (κ2) is 31.7. The molecule has 0 amide bonds. The van der Waals surface area contributed by atoms with E-state index in [1.165, 1.54) is 6.08 Å². The van der Waals surface area contributed by atoms with E-state index >= 15 is 4.79 Å². The summed E-state index contributed by atoms with van der Waals surface area (Å²) in [6.45, 7) is 19.4. The van der Waals surface area contributed by atoms with Crippen LogP contribution in [0.5, 0.6) is 0 Å². The van der Waals surface area contributed by atoms with E-state index in [0.717, 1.165) is 18.8 Å². The van der Waals surface area contributed by atoms with Crippen molar-refractivity contribution in [2.45, 2.75) is 300 Å². The van der Waals surface area contributed by atoms with Crippen LogP contribution in [-0.2, 0) is 76.1 Å². The molecule has 9 fully saturated rings. The quantitative estimate of drug-likeness (QED) is 0.0222. The number of benzene rings is 1. The van der Waals surface area contributed by atoms with Gasteiger partial charge < -0.3 is 118 Å². The molecule has 0 spiro atoms. The smallest absolute Gasteiger partial charge is 0.331 e. The minimum Gasteiger partial charge on any atom is -0.465 e. The number of ether oxygens (including phenoxy) is 11. The predicted molar refractivity (Wildman–Crippen MR) is 367 cm³/mol. The van der Waals surface area contributed by atoms with Crippen molar-refractivity contribution in [2.75, 3.05) is 19.8 Å². The van der Waals surface area contributed by atoms with Crippen LogP contribution in [0.3, 0.4) is 0 Å². The monoisotopic (exact) mass is 1490 g/mol. The maximum Gasteiger partial charge on any atom is 0.331 e. The van der Waals surface area contributed by atoms with Gasteiger partial charge in [0.25, 0.3) is 0 Å². The highest BCUT2D eigenvalue weighted by Gasteiger charge is 2.74. The van der Waals surface area contributed by atoms with Crippen LogP contribution in [0.1, 0.15) is 157 Å². The van der Waals surface area contributed by atoms with Crippen molar-refractivity contribution in [1.29, 1.82) is 0 Å². The minimum absolute atomic E-state index is 0.0153. The van der Waals surface area contributed by atoms with Gasteiger partial charge in [-0.3, -0.25) is 14.4 Å². The summed E-state index contributed by atoms with van der Waals surface area (Å²) >= 11 is 0. The molecule has 6 saturated carbocycles. The molecule has 11 rings (SSSR count). The first-order chi connectivity index (χ1) is 49.4. The van der Waals surface area contributed by atoms with Crippen LogP contribution in [0.4, 0.5) is 0 Å². The number of carbonyl (C=O) groups is 5. The average molecular weight is 1490 g/mol. The molecule has 35 atom stereocenters. The number of aldehydes is 1. The second-order valence-electron chi connectivity index (χ2n) is 33.9. The van der Waals surface area contributed by atoms with Crippen LogP contribution in [0.15, 0.2) is 42.5 Å². The molecule has 1 aromatic carbocycles. The zero-order chi connectivity index (χ0) is 76.5. The maximum atomic E-state index is 16.1. The van der Waals surface area contributed by atoms with E-state index in [2.05, 4.69) is 46.8 Å². The van der Waals surface area contributed by atoms with Gasteiger partial charge in [0.15, 0.2) is 30.9 Å². The van der Waals surface area contributed by atoms with Gasteiger partial charge in [0.1, 0.15) is 73.4 Å². The number of hydrogen-bond acceptors (Lipinski definition) is 28. The summed E-state index contributed by atoms with van der Waals surface area (Å²) in [6, 6.07) is 7.39. The van der Waals surface area contributed by atoms with Gasteiger partial charge in [-0.1, -0.05) is 104 Å². The van der Waals surface area contributed by atoms with E-state index in [-0.39, 0.29) is 56.0 Å². The molecule has 3 heterocycles. The Hall–Kier alpha value is -4.51. The summed E-state index contributed by atoms with van der Waals surface area (Å²) in [5.41, 5.74) is -3.61. The lowest BCUT2D eigenvalue weighted by Crippen LogP contribution is -2.70. The van der Waals surface area contributed by atoms with Crippen LogP contribution in [0.25, 0.3) is 6.08 Å². The van der Waals surface area contributed by atoms with Gasteiger partial charge in [0.2, 0.25) is 6.29 Å². The Bertz CT molecular complexity index is 3280. The Kier molecular flexibility index (Phi) is 24.6. The molecule has 0 aromatic heterocycles. The third kappa shape index (κ3) is 15.1. The number of esters is 4. The van der Waals surface area contributed by atoms with Crippen LogP contribution in [0.2, 0.25) is 0 Å². The number of fused-ring (bicyclic) bond motifs is 7. The first kappa shape index (κ1) is 81.5. The Labute approximate surface area is 612 Å². The van der Waals surface area contributed by atoms with E-state index in [0.29, 0.717) is 50.5 Å². The molecule has 0 radical (unpaired) electrons. The molecule has 3 aliphatic heterocycles. The molecular weight excluding hydrogens is 1370 g/mol.